The minimum atomic E-state index is -0.0736. The molecule has 1 atom stereocenters. The number of hydrogen-bond acceptors (Lipinski definition) is 3. The molecule has 1 fully saturated rings. The number of nitrogens with one attached hydrogen (secondary N) is 1. The largest absolute Gasteiger partial charge is 0.508 e. The first-order valence-corrected chi connectivity index (χ1v) is 5.12. The van der Waals surface area contributed by atoms with Crippen molar-refractivity contribution in [2.75, 3.05) is 18.0 Å². The van der Waals surface area contributed by atoms with Gasteiger partial charge in [0.05, 0.1) is 0 Å². The van der Waals surface area contributed by atoms with E-state index in [9.17, 15) is 9.90 Å². The highest BCUT2D eigenvalue weighted by Crippen LogP contribution is 2.35. The molecule has 1 saturated heterocycles. The van der Waals surface area contributed by atoms with Crippen molar-refractivity contribution in [2.24, 2.45) is 0 Å². The average Bonchev–Trinajstić information content (AvgIpc) is 2.58. The number of rotatable bonds is 0. The lowest BCUT2D eigenvalue weighted by atomic mass is 10.1. The molecule has 15 heavy (non-hydrogen) atoms. The number of phenols is 1. The zero-order chi connectivity index (χ0) is 10.4. The van der Waals surface area contributed by atoms with Crippen LogP contribution in [0.4, 0.5) is 5.69 Å². The van der Waals surface area contributed by atoms with Crippen LogP contribution in [0.2, 0.25) is 0 Å². The van der Waals surface area contributed by atoms with Gasteiger partial charge in [-0.15, -0.1) is 0 Å². The molecule has 0 aliphatic carbocycles. The van der Waals surface area contributed by atoms with Crippen LogP contribution in [0.1, 0.15) is 5.56 Å². The van der Waals surface area contributed by atoms with Crippen LogP contribution in [0.5, 0.6) is 5.75 Å². The summed E-state index contributed by atoms with van der Waals surface area (Å²) in [7, 11) is 0. The van der Waals surface area contributed by atoms with Crippen molar-refractivity contribution < 1.29 is 9.90 Å². The Balaban J connectivity index is 2.05. The molecule has 2 aliphatic heterocycles. The van der Waals surface area contributed by atoms with Crippen LogP contribution >= 0.6 is 0 Å². The van der Waals surface area contributed by atoms with Crippen LogP contribution in [0, 0.1) is 0 Å². The quantitative estimate of drug-likeness (QED) is 0.637. The minimum Gasteiger partial charge on any atom is -0.508 e. The average molecular weight is 204 g/mol. The first kappa shape index (κ1) is 8.59. The molecule has 2 aliphatic rings. The Kier molecular flexibility index (Phi) is 1.65. The van der Waals surface area contributed by atoms with E-state index in [0.717, 1.165) is 24.2 Å². The SMILES string of the molecule is O=C1NCCN2c3cc(O)ccc3CC12. The molecule has 78 valence electrons. The molecule has 4 nitrogen and oxygen atoms in total. The van der Waals surface area contributed by atoms with Crippen molar-refractivity contribution in [1.82, 2.24) is 5.32 Å². The van der Waals surface area contributed by atoms with Gasteiger partial charge >= 0.3 is 0 Å². The minimum absolute atomic E-state index is 0.0736. The first-order valence-electron chi connectivity index (χ1n) is 5.12. The highest BCUT2D eigenvalue weighted by Gasteiger charge is 2.36. The summed E-state index contributed by atoms with van der Waals surface area (Å²) in [5, 5.41) is 12.3. The molecule has 0 bridgehead atoms. The smallest absolute Gasteiger partial charge is 0.243 e. The van der Waals surface area contributed by atoms with E-state index in [0.29, 0.717) is 6.54 Å². The fourth-order valence-corrected chi connectivity index (χ4v) is 2.41. The van der Waals surface area contributed by atoms with E-state index in [1.54, 1.807) is 12.1 Å². The van der Waals surface area contributed by atoms with E-state index in [4.69, 9.17) is 0 Å². The summed E-state index contributed by atoms with van der Waals surface area (Å²) in [5.41, 5.74) is 2.16. The number of benzene rings is 1. The van der Waals surface area contributed by atoms with E-state index in [2.05, 4.69) is 10.2 Å². The molecular weight excluding hydrogens is 192 g/mol. The maximum atomic E-state index is 11.6. The van der Waals surface area contributed by atoms with Gasteiger partial charge in [-0.2, -0.15) is 0 Å². The summed E-state index contributed by atoms with van der Waals surface area (Å²) >= 11 is 0. The van der Waals surface area contributed by atoms with Gasteiger partial charge < -0.3 is 15.3 Å². The number of carbonyl (C=O) groups excluding carboxylic acids is 1. The van der Waals surface area contributed by atoms with Crippen molar-refractivity contribution in [3.63, 3.8) is 0 Å². The number of fused-ring (bicyclic) bond motifs is 3. The second-order valence-corrected chi connectivity index (χ2v) is 4.02. The molecule has 4 heteroatoms. The van der Waals surface area contributed by atoms with Crippen LogP contribution in [-0.4, -0.2) is 30.1 Å². The van der Waals surface area contributed by atoms with Gasteiger partial charge in [0.25, 0.3) is 0 Å². The van der Waals surface area contributed by atoms with Crippen molar-refractivity contribution in [2.45, 2.75) is 12.5 Å². The number of anilines is 1. The number of hydrogen-bond donors (Lipinski definition) is 2. The molecule has 0 radical (unpaired) electrons. The van der Waals surface area contributed by atoms with Gasteiger partial charge in [0.1, 0.15) is 11.8 Å². The van der Waals surface area contributed by atoms with Gasteiger partial charge in [0, 0.05) is 31.3 Å². The van der Waals surface area contributed by atoms with Crippen LogP contribution in [0.25, 0.3) is 0 Å². The Morgan fingerprint density at radius 3 is 3.20 bits per heavy atom. The summed E-state index contributed by atoms with van der Waals surface area (Å²) in [6.07, 6.45) is 0.751. The van der Waals surface area contributed by atoms with Crippen molar-refractivity contribution in [1.29, 1.82) is 0 Å². The number of piperazine rings is 1. The molecule has 2 N–H and O–H groups in total. The van der Waals surface area contributed by atoms with Crippen molar-refractivity contribution in [3.05, 3.63) is 23.8 Å². The predicted octanol–water partition coefficient (Wildman–Crippen LogP) is 0.253. The standard InChI is InChI=1S/C11H12N2O2/c14-8-2-1-7-5-10-11(15)12-3-4-13(10)9(7)6-8/h1-2,6,10,14H,3-5H2,(H,12,15). The van der Waals surface area contributed by atoms with Crippen LogP contribution in [-0.2, 0) is 11.2 Å². The highest BCUT2D eigenvalue weighted by atomic mass is 16.3. The molecule has 0 spiro atoms. The van der Waals surface area contributed by atoms with Gasteiger partial charge in [-0.3, -0.25) is 4.79 Å². The molecule has 1 aromatic carbocycles. The zero-order valence-corrected chi connectivity index (χ0v) is 8.23. The fourth-order valence-electron chi connectivity index (χ4n) is 2.41. The lowest BCUT2D eigenvalue weighted by Crippen LogP contribution is -2.53. The maximum absolute atomic E-state index is 11.6. The number of nitrogens with zero attached hydrogens (tertiary/aromatic N) is 1. The van der Waals surface area contributed by atoms with E-state index in [1.807, 2.05) is 6.07 Å². The van der Waals surface area contributed by atoms with Crippen molar-refractivity contribution in [3.8, 4) is 5.75 Å². The summed E-state index contributed by atoms with van der Waals surface area (Å²) in [6, 6.07) is 5.25. The topological polar surface area (TPSA) is 52.6 Å². The maximum Gasteiger partial charge on any atom is 0.243 e. The van der Waals surface area contributed by atoms with E-state index >= 15 is 0 Å². The fraction of sp³-hybridized carbons (Fsp3) is 0.364. The molecule has 1 unspecified atom stereocenters. The predicted molar refractivity (Wildman–Crippen MR) is 56.0 cm³/mol. The van der Waals surface area contributed by atoms with E-state index in [-0.39, 0.29) is 17.7 Å². The third-order valence-electron chi connectivity index (χ3n) is 3.12. The third kappa shape index (κ3) is 1.17. The Bertz CT molecular complexity index is 431. The third-order valence-corrected chi connectivity index (χ3v) is 3.12. The zero-order valence-electron chi connectivity index (χ0n) is 8.23. The molecule has 0 aromatic heterocycles. The van der Waals surface area contributed by atoms with E-state index < -0.39 is 0 Å². The van der Waals surface area contributed by atoms with Gasteiger partial charge in [-0.25, -0.2) is 0 Å². The van der Waals surface area contributed by atoms with Crippen molar-refractivity contribution >= 4 is 11.6 Å². The van der Waals surface area contributed by atoms with Crippen LogP contribution < -0.4 is 10.2 Å². The Labute approximate surface area is 87.5 Å². The molecular formula is C11H12N2O2. The Morgan fingerprint density at radius 2 is 2.33 bits per heavy atom. The second kappa shape index (κ2) is 2.89. The second-order valence-electron chi connectivity index (χ2n) is 4.02. The summed E-state index contributed by atoms with van der Waals surface area (Å²) in [5.74, 6) is 0.359. The highest BCUT2D eigenvalue weighted by molar-refractivity contribution is 5.89. The monoisotopic (exact) mass is 204 g/mol. The lowest BCUT2D eigenvalue weighted by molar-refractivity contribution is -0.123. The van der Waals surface area contributed by atoms with Gasteiger partial charge in [0.2, 0.25) is 5.91 Å². The molecule has 3 rings (SSSR count). The number of phenolic OH excluding ortho intramolecular Hbond substituents is 1. The van der Waals surface area contributed by atoms with E-state index in [1.165, 1.54) is 0 Å². The van der Waals surface area contributed by atoms with Gasteiger partial charge in [-0.1, -0.05) is 6.07 Å². The summed E-state index contributed by atoms with van der Waals surface area (Å²) < 4.78 is 0. The summed E-state index contributed by atoms with van der Waals surface area (Å²) in [6.45, 7) is 1.51. The lowest BCUT2D eigenvalue weighted by Gasteiger charge is -2.31. The molecule has 2 heterocycles. The number of amides is 1. The number of aromatic hydroxyl groups is 1. The number of carbonyl (C=O) groups is 1. The van der Waals surface area contributed by atoms with Gasteiger partial charge in [0.15, 0.2) is 0 Å². The first-order chi connectivity index (χ1) is 7.25. The Morgan fingerprint density at radius 1 is 1.47 bits per heavy atom. The van der Waals surface area contributed by atoms with Gasteiger partial charge in [-0.05, 0) is 11.6 Å². The normalized spacial score (nSPS) is 23.3. The molecule has 0 saturated carbocycles. The molecule has 1 aromatic rings. The Hall–Kier alpha value is -1.71. The van der Waals surface area contributed by atoms with Crippen LogP contribution in [0.3, 0.4) is 0 Å². The summed E-state index contributed by atoms with van der Waals surface area (Å²) in [4.78, 5) is 13.7. The molecule has 1 amide bonds. The van der Waals surface area contributed by atoms with Crippen LogP contribution in [0.15, 0.2) is 18.2 Å².